The van der Waals surface area contributed by atoms with Crippen molar-refractivity contribution in [2.24, 2.45) is 0 Å². The van der Waals surface area contributed by atoms with Crippen molar-refractivity contribution < 1.29 is 45.4 Å². The molecule has 52 heavy (non-hydrogen) atoms. The Morgan fingerprint density at radius 1 is 0.346 bits per heavy atom. The Morgan fingerprint density at radius 2 is 0.538 bits per heavy atom. The molecular formula is C30H44Br8O10P4. The lowest BCUT2D eigenvalue weighted by Gasteiger charge is -2.23. The van der Waals surface area contributed by atoms with Crippen LogP contribution in [0.1, 0.15) is 63.8 Å². The SMILES string of the molecule is CCOP(=O)(Cc1c(Br)c(Br)c(Br)c(CP(=O)(OCC)OCC)c1Br)OCC.CCOP(=O)(Cc1c(Br)c(Br)c(CP(C)(C)=O)c(Br)c1Br)OCC. The lowest BCUT2D eigenvalue weighted by Crippen LogP contribution is -2.05. The van der Waals surface area contributed by atoms with Crippen LogP contribution >= 0.6 is 157 Å². The average Bonchev–Trinajstić information content (AvgIpc) is 3.04. The summed E-state index contributed by atoms with van der Waals surface area (Å²) in [5.74, 6) is 0. The summed E-state index contributed by atoms with van der Waals surface area (Å²) in [6, 6.07) is 0. The Labute approximate surface area is 375 Å². The molecule has 0 unspecified atom stereocenters. The molecule has 22 heteroatoms. The topological polar surface area (TPSA) is 124 Å². The van der Waals surface area contributed by atoms with Gasteiger partial charge in [-0.05, 0) is 189 Å². The molecule has 2 aromatic rings. The van der Waals surface area contributed by atoms with E-state index in [2.05, 4.69) is 127 Å². The largest absolute Gasteiger partial charge is 0.335 e. The van der Waals surface area contributed by atoms with E-state index in [0.29, 0.717) is 48.4 Å². The summed E-state index contributed by atoms with van der Waals surface area (Å²) in [5.41, 5.74) is 3.02. The Balaban J connectivity index is 0.000000526. The molecule has 0 aliphatic rings. The lowest BCUT2D eigenvalue weighted by molar-refractivity contribution is 0.218. The van der Waals surface area contributed by atoms with Crippen LogP contribution in [0.15, 0.2) is 35.8 Å². The third-order valence-electron chi connectivity index (χ3n) is 6.44. The molecule has 0 aromatic heterocycles. The van der Waals surface area contributed by atoms with Gasteiger partial charge in [0.05, 0.1) is 65.3 Å². The fourth-order valence-electron chi connectivity index (χ4n) is 4.54. The number of hydrogen-bond donors (Lipinski definition) is 0. The van der Waals surface area contributed by atoms with E-state index in [1.807, 2.05) is 0 Å². The highest BCUT2D eigenvalue weighted by Crippen LogP contribution is 2.59. The fraction of sp³-hybridized carbons (Fsp3) is 0.600. The monoisotopic (exact) mass is 1320 g/mol. The van der Waals surface area contributed by atoms with E-state index in [0.717, 1.165) is 29.0 Å². The molecule has 0 radical (unpaired) electrons. The molecule has 0 bridgehead atoms. The van der Waals surface area contributed by atoms with E-state index in [4.69, 9.17) is 27.1 Å². The maximum Gasteiger partial charge on any atom is 0.335 e. The van der Waals surface area contributed by atoms with Gasteiger partial charge in [-0.1, -0.05) is 15.9 Å². The Hall–Kier alpha value is 2.96. The van der Waals surface area contributed by atoms with Crippen LogP contribution in [-0.4, -0.2) is 53.0 Å². The molecule has 0 saturated heterocycles. The zero-order valence-corrected chi connectivity index (χ0v) is 46.2. The van der Waals surface area contributed by atoms with Gasteiger partial charge in [-0.15, -0.1) is 0 Å². The molecular weight excluding hydrogens is 1280 g/mol. The van der Waals surface area contributed by atoms with Crippen molar-refractivity contribution in [3.8, 4) is 0 Å². The third-order valence-corrected chi connectivity index (χ3v) is 22.7. The predicted octanol–water partition coefficient (Wildman–Crippen LogP) is 15.9. The van der Waals surface area contributed by atoms with Crippen molar-refractivity contribution in [3.63, 3.8) is 0 Å². The van der Waals surface area contributed by atoms with E-state index in [1.54, 1.807) is 54.9 Å². The fourth-order valence-corrected chi connectivity index (χ4v) is 18.5. The molecule has 0 atom stereocenters. The molecule has 300 valence electrons. The number of benzene rings is 2. The summed E-state index contributed by atoms with van der Waals surface area (Å²) >= 11 is 28.4. The first-order chi connectivity index (χ1) is 24.0. The second-order valence-corrected chi connectivity index (χ2v) is 26.9. The van der Waals surface area contributed by atoms with Gasteiger partial charge >= 0.3 is 22.8 Å². The van der Waals surface area contributed by atoms with Gasteiger partial charge in [-0.25, -0.2) is 0 Å². The normalized spacial score (nSPS) is 12.6. The van der Waals surface area contributed by atoms with Gasteiger partial charge in [-0.2, -0.15) is 0 Å². The van der Waals surface area contributed by atoms with Crippen molar-refractivity contribution in [1.29, 1.82) is 0 Å². The quantitative estimate of drug-likeness (QED) is 0.0719. The summed E-state index contributed by atoms with van der Waals surface area (Å²) in [4.78, 5) is 0. The standard InChI is InChI=1S/C16H24Br4O6P2.C14H20Br4O4P2/c1-5-23-27(21,24-6-2)9-11-13(17)12(15(19)16(20)14(11)18)10-28(22,25-7-3)26-8-4;1-5-21-24(20,22-6-2)8-10-13(17)11(15)9(7-23(3,4)19)12(16)14(10)18/h5-10H2,1-4H3;5-8H2,1-4H3. The molecule has 0 heterocycles. The van der Waals surface area contributed by atoms with E-state index in [1.165, 1.54) is 0 Å². The summed E-state index contributed by atoms with van der Waals surface area (Å²) in [7, 11) is -12.2. The van der Waals surface area contributed by atoms with Crippen LogP contribution in [0.25, 0.3) is 0 Å². The minimum absolute atomic E-state index is 0.0439. The molecule has 0 saturated carbocycles. The minimum Gasteiger partial charge on any atom is -0.324 e. The van der Waals surface area contributed by atoms with E-state index in [-0.39, 0.29) is 44.9 Å². The first-order valence-electron chi connectivity index (χ1n) is 15.9. The highest BCUT2D eigenvalue weighted by molar-refractivity contribution is 9.15. The summed E-state index contributed by atoms with van der Waals surface area (Å²) in [6.07, 6.45) is 0.661. The second-order valence-electron chi connectivity index (χ2n) is 11.0. The van der Waals surface area contributed by atoms with Gasteiger partial charge in [0.25, 0.3) is 0 Å². The van der Waals surface area contributed by atoms with E-state index in [9.17, 15) is 18.3 Å². The molecule has 0 fully saturated rings. The third kappa shape index (κ3) is 15.9. The van der Waals surface area contributed by atoms with Gasteiger partial charge in [0.2, 0.25) is 0 Å². The number of rotatable bonds is 20. The molecule has 0 aliphatic heterocycles. The molecule has 2 aromatic carbocycles. The smallest absolute Gasteiger partial charge is 0.324 e. The van der Waals surface area contributed by atoms with Gasteiger partial charge in [0.1, 0.15) is 0 Å². The summed E-state index contributed by atoms with van der Waals surface area (Å²) < 4.78 is 89.5. The zero-order chi connectivity index (χ0) is 40.2. The van der Waals surface area contributed by atoms with Crippen molar-refractivity contribution in [2.75, 3.05) is 53.0 Å². The van der Waals surface area contributed by atoms with Crippen LogP contribution in [0.3, 0.4) is 0 Å². The predicted molar refractivity (Wildman–Crippen MR) is 241 cm³/mol. The van der Waals surface area contributed by atoms with Gasteiger partial charge in [-0.3, -0.25) is 13.7 Å². The van der Waals surface area contributed by atoms with Crippen LogP contribution in [-0.2, 0) is 70.1 Å². The average molecular weight is 1330 g/mol. The van der Waals surface area contributed by atoms with Gasteiger partial charge in [0.15, 0.2) is 0 Å². The van der Waals surface area contributed by atoms with Crippen molar-refractivity contribution >= 4 is 157 Å². The van der Waals surface area contributed by atoms with Crippen LogP contribution in [0.5, 0.6) is 0 Å². The van der Waals surface area contributed by atoms with Crippen molar-refractivity contribution in [2.45, 2.75) is 66.2 Å². The Kier molecular flexibility index (Phi) is 24.7. The first-order valence-corrected chi connectivity index (χ1v) is 30.2. The molecule has 0 N–H and O–H groups in total. The minimum atomic E-state index is -3.35. The number of halogens is 8. The van der Waals surface area contributed by atoms with Crippen LogP contribution in [0, 0.1) is 0 Å². The van der Waals surface area contributed by atoms with Crippen LogP contribution in [0.4, 0.5) is 0 Å². The van der Waals surface area contributed by atoms with Gasteiger partial charge in [0, 0.05) is 41.9 Å². The number of hydrogen-bond acceptors (Lipinski definition) is 10. The Morgan fingerprint density at radius 3 is 0.750 bits per heavy atom. The second kappa shape index (κ2) is 24.3. The van der Waals surface area contributed by atoms with E-state index < -0.39 is 29.9 Å². The molecule has 0 spiro atoms. The first kappa shape index (κ1) is 53.0. The van der Waals surface area contributed by atoms with Crippen molar-refractivity contribution in [3.05, 3.63) is 58.0 Å². The van der Waals surface area contributed by atoms with E-state index >= 15 is 0 Å². The molecule has 0 amide bonds. The Bertz CT molecular complexity index is 1610. The highest BCUT2D eigenvalue weighted by atomic mass is 79.9. The lowest BCUT2D eigenvalue weighted by atomic mass is 10.1. The van der Waals surface area contributed by atoms with Crippen LogP contribution in [0.2, 0.25) is 0 Å². The zero-order valence-electron chi connectivity index (χ0n) is 30.0. The molecule has 0 aliphatic carbocycles. The molecule has 2 rings (SSSR count). The maximum atomic E-state index is 13.1. The van der Waals surface area contributed by atoms with Crippen LogP contribution < -0.4 is 0 Å². The highest BCUT2D eigenvalue weighted by Gasteiger charge is 2.34. The summed E-state index contributed by atoms with van der Waals surface area (Å²) in [5, 5.41) is 0. The molecule has 10 nitrogen and oxygen atoms in total. The maximum absolute atomic E-state index is 13.1. The van der Waals surface area contributed by atoms with Crippen molar-refractivity contribution in [1.82, 2.24) is 0 Å². The summed E-state index contributed by atoms with van der Waals surface area (Å²) in [6.45, 7) is 15.8. The van der Waals surface area contributed by atoms with Gasteiger partial charge < -0.3 is 31.7 Å².